The van der Waals surface area contributed by atoms with E-state index in [1.54, 1.807) is 0 Å². The lowest BCUT2D eigenvalue weighted by Crippen LogP contribution is -2.08. The summed E-state index contributed by atoms with van der Waals surface area (Å²) >= 11 is 0. The van der Waals surface area contributed by atoms with Gasteiger partial charge in [0.1, 0.15) is 5.75 Å². The molecule has 15 heavy (non-hydrogen) atoms. The molecule has 1 rings (SSSR count). The molecule has 0 radical (unpaired) electrons. The first-order valence-electron chi connectivity index (χ1n) is 3.84. The Morgan fingerprint density at radius 1 is 1.33 bits per heavy atom. The van der Waals surface area contributed by atoms with Crippen molar-refractivity contribution in [2.24, 2.45) is 0 Å². The number of methoxy groups -OCH3 is 1. The summed E-state index contributed by atoms with van der Waals surface area (Å²) in [5, 5.41) is 8.99. The van der Waals surface area contributed by atoms with Crippen molar-refractivity contribution in [1.29, 1.82) is 0 Å². The number of alkyl halides is 3. The zero-order valence-electron chi connectivity index (χ0n) is 7.63. The maximum absolute atomic E-state index is 12.3. The van der Waals surface area contributed by atoms with Crippen molar-refractivity contribution in [3.8, 4) is 5.75 Å². The minimum Gasteiger partial charge on any atom is -0.508 e. The van der Waals surface area contributed by atoms with Gasteiger partial charge in [-0.15, -0.1) is 0 Å². The number of rotatable bonds is 1. The SMILES string of the molecule is COC(=O)c1cc(O)cc(C(F)(F)F)c1. The number of hydrogen-bond donors (Lipinski definition) is 1. The number of ether oxygens (including phenoxy) is 1. The van der Waals surface area contributed by atoms with E-state index in [0.717, 1.165) is 13.2 Å². The first-order chi connectivity index (χ1) is 6.84. The molecule has 0 saturated carbocycles. The van der Waals surface area contributed by atoms with E-state index in [1.807, 2.05) is 0 Å². The van der Waals surface area contributed by atoms with Crippen LogP contribution in [0.3, 0.4) is 0 Å². The van der Waals surface area contributed by atoms with Gasteiger partial charge in [0.25, 0.3) is 0 Å². The van der Waals surface area contributed by atoms with Crippen LogP contribution in [0, 0.1) is 0 Å². The van der Waals surface area contributed by atoms with Crippen LogP contribution in [-0.4, -0.2) is 18.2 Å². The Labute approximate surface area is 83.1 Å². The van der Waals surface area contributed by atoms with Crippen molar-refractivity contribution in [1.82, 2.24) is 0 Å². The number of carbonyl (C=O) groups excluding carboxylic acids is 1. The fourth-order valence-corrected chi connectivity index (χ4v) is 1.01. The van der Waals surface area contributed by atoms with E-state index in [1.165, 1.54) is 0 Å². The van der Waals surface area contributed by atoms with Crippen molar-refractivity contribution in [3.63, 3.8) is 0 Å². The highest BCUT2D eigenvalue weighted by molar-refractivity contribution is 5.90. The van der Waals surface area contributed by atoms with Crippen LogP contribution in [0.2, 0.25) is 0 Å². The normalized spacial score (nSPS) is 11.2. The number of benzene rings is 1. The Bertz CT molecular complexity index is 385. The summed E-state index contributed by atoms with van der Waals surface area (Å²) in [7, 11) is 1.04. The van der Waals surface area contributed by atoms with Gasteiger partial charge in [-0.2, -0.15) is 13.2 Å². The van der Waals surface area contributed by atoms with Gasteiger partial charge in [-0.25, -0.2) is 4.79 Å². The van der Waals surface area contributed by atoms with Crippen molar-refractivity contribution < 1.29 is 27.8 Å². The Balaban J connectivity index is 3.23. The molecule has 0 bridgehead atoms. The number of esters is 1. The van der Waals surface area contributed by atoms with Gasteiger partial charge in [0.2, 0.25) is 0 Å². The summed E-state index contributed by atoms with van der Waals surface area (Å²) in [6, 6.07) is 2.05. The Morgan fingerprint density at radius 2 is 1.93 bits per heavy atom. The van der Waals surface area contributed by atoms with Crippen molar-refractivity contribution in [3.05, 3.63) is 29.3 Å². The monoisotopic (exact) mass is 220 g/mol. The second-order valence-corrected chi connectivity index (χ2v) is 2.76. The molecule has 0 amide bonds. The van der Waals surface area contributed by atoms with Crippen LogP contribution in [0.5, 0.6) is 5.75 Å². The van der Waals surface area contributed by atoms with Gasteiger partial charge in [0, 0.05) is 0 Å². The molecule has 0 aliphatic carbocycles. The Hall–Kier alpha value is -1.72. The van der Waals surface area contributed by atoms with Gasteiger partial charge < -0.3 is 9.84 Å². The largest absolute Gasteiger partial charge is 0.508 e. The van der Waals surface area contributed by atoms with Gasteiger partial charge >= 0.3 is 12.1 Å². The summed E-state index contributed by atoms with van der Waals surface area (Å²) in [4.78, 5) is 10.9. The number of halogens is 3. The number of aromatic hydroxyl groups is 1. The van der Waals surface area contributed by atoms with Crippen LogP contribution in [0.1, 0.15) is 15.9 Å². The van der Waals surface area contributed by atoms with Gasteiger partial charge in [-0.3, -0.25) is 0 Å². The summed E-state index contributed by atoms with van der Waals surface area (Å²) in [6.07, 6.45) is -4.61. The third-order valence-corrected chi connectivity index (χ3v) is 1.67. The molecule has 82 valence electrons. The average molecular weight is 220 g/mol. The van der Waals surface area contributed by atoms with E-state index >= 15 is 0 Å². The number of carbonyl (C=O) groups is 1. The van der Waals surface area contributed by atoms with E-state index < -0.39 is 23.5 Å². The van der Waals surface area contributed by atoms with E-state index in [4.69, 9.17) is 5.11 Å². The second kappa shape index (κ2) is 3.80. The van der Waals surface area contributed by atoms with Crippen LogP contribution < -0.4 is 0 Å². The standard InChI is InChI=1S/C9H7F3O3/c1-15-8(14)5-2-6(9(10,11)12)4-7(13)3-5/h2-4,13H,1H3. The van der Waals surface area contributed by atoms with Gasteiger partial charge in [-0.1, -0.05) is 0 Å². The van der Waals surface area contributed by atoms with E-state index in [-0.39, 0.29) is 5.56 Å². The van der Waals surface area contributed by atoms with Gasteiger partial charge in [0.15, 0.2) is 0 Å². The lowest BCUT2D eigenvalue weighted by molar-refractivity contribution is -0.137. The molecule has 0 spiro atoms. The Kier molecular flexibility index (Phi) is 2.88. The number of phenolic OH excluding ortho intramolecular Hbond substituents is 1. The number of hydrogen-bond acceptors (Lipinski definition) is 3. The average Bonchev–Trinajstić information content (AvgIpc) is 2.14. The third-order valence-electron chi connectivity index (χ3n) is 1.67. The maximum Gasteiger partial charge on any atom is 0.416 e. The minimum absolute atomic E-state index is 0.343. The molecule has 1 N–H and O–H groups in total. The Morgan fingerprint density at radius 3 is 2.40 bits per heavy atom. The highest BCUT2D eigenvalue weighted by Crippen LogP contribution is 2.32. The quantitative estimate of drug-likeness (QED) is 0.738. The van der Waals surface area contributed by atoms with E-state index in [9.17, 15) is 18.0 Å². The van der Waals surface area contributed by atoms with E-state index in [2.05, 4.69) is 4.74 Å². The van der Waals surface area contributed by atoms with Crippen molar-refractivity contribution >= 4 is 5.97 Å². The molecular formula is C9H7F3O3. The van der Waals surface area contributed by atoms with Crippen LogP contribution in [-0.2, 0) is 10.9 Å². The molecular weight excluding hydrogens is 213 g/mol. The molecule has 1 aromatic rings. The maximum atomic E-state index is 12.3. The summed E-state index contributed by atoms with van der Waals surface area (Å²) in [6.45, 7) is 0. The lowest BCUT2D eigenvalue weighted by Gasteiger charge is -2.08. The fourth-order valence-electron chi connectivity index (χ4n) is 1.01. The third kappa shape index (κ3) is 2.61. The topological polar surface area (TPSA) is 46.5 Å². The molecule has 0 unspecified atom stereocenters. The van der Waals surface area contributed by atoms with Gasteiger partial charge in [0.05, 0.1) is 18.2 Å². The predicted molar refractivity (Wildman–Crippen MR) is 44.4 cm³/mol. The van der Waals surface area contributed by atoms with Crippen LogP contribution in [0.25, 0.3) is 0 Å². The fraction of sp³-hybridized carbons (Fsp3) is 0.222. The molecule has 3 nitrogen and oxygen atoms in total. The highest BCUT2D eigenvalue weighted by Gasteiger charge is 2.31. The van der Waals surface area contributed by atoms with Crippen LogP contribution in [0.4, 0.5) is 13.2 Å². The van der Waals surface area contributed by atoms with Crippen molar-refractivity contribution in [2.75, 3.05) is 7.11 Å². The molecule has 0 aromatic heterocycles. The molecule has 1 aromatic carbocycles. The highest BCUT2D eigenvalue weighted by atomic mass is 19.4. The molecule has 0 aliphatic rings. The van der Waals surface area contributed by atoms with Crippen LogP contribution in [0.15, 0.2) is 18.2 Å². The predicted octanol–water partition coefficient (Wildman–Crippen LogP) is 2.20. The van der Waals surface area contributed by atoms with E-state index in [0.29, 0.717) is 12.1 Å². The number of phenols is 1. The molecule has 0 aliphatic heterocycles. The first kappa shape index (κ1) is 11.4. The summed E-state index contributed by atoms with van der Waals surface area (Å²) < 4.78 is 41.0. The van der Waals surface area contributed by atoms with Crippen molar-refractivity contribution in [2.45, 2.75) is 6.18 Å². The smallest absolute Gasteiger partial charge is 0.416 e. The van der Waals surface area contributed by atoms with Gasteiger partial charge in [-0.05, 0) is 18.2 Å². The lowest BCUT2D eigenvalue weighted by atomic mass is 10.1. The second-order valence-electron chi connectivity index (χ2n) is 2.76. The molecule has 0 atom stereocenters. The van der Waals surface area contributed by atoms with Crippen LogP contribution >= 0.6 is 0 Å². The molecule has 0 fully saturated rings. The zero-order valence-corrected chi connectivity index (χ0v) is 7.63. The summed E-state index contributed by atoms with van der Waals surface area (Å²) in [5.74, 6) is -1.57. The minimum atomic E-state index is -4.61. The molecule has 0 heterocycles. The summed E-state index contributed by atoms with van der Waals surface area (Å²) in [5.41, 5.74) is -1.44. The molecule has 6 heteroatoms. The first-order valence-corrected chi connectivity index (χ1v) is 3.84. The molecule has 0 saturated heterocycles. The zero-order chi connectivity index (χ0) is 11.6.